The highest BCUT2D eigenvalue weighted by molar-refractivity contribution is 7.90. The van der Waals surface area contributed by atoms with E-state index in [0.717, 1.165) is 19.3 Å². The molecule has 0 saturated carbocycles. The molecule has 0 fully saturated rings. The van der Waals surface area contributed by atoms with Crippen molar-refractivity contribution in [3.05, 3.63) is 40.3 Å². The fourth-order valence-electron chi connectivity index (χ4n) is 2.91. The minimum absolute atomic E-state index is 0.00705. The van der Waals surface area contributed by atoms with Crippen LogP contribution in [-0.4, -0.2) is 51.4 Å². The summed E-state index contributed by atoms with van der Waals surface area (Å²) in [6.45, 7) is 0.336. The number of ether oxygens (including phenoxy) is 2. The van der Waals surface area contributed by atoms with Crippen LogP contribution in [-0.2, 0) is 30.9 Å². The van der Waals surface area contributed by atoms with Crippen molar-refractivity contribution in [1.29, 1.82) is 0 Å². The Morgan fingerprint density at radius 3 is 2.88 bits per heavy atom. The first kappa shape index (κ1) is 23.8. The number of esters is 1. The highest BCUT2D eigenvalue weighted by atomic mass is 32.2. The van der Waals surface area contributed by atoms with Crippen molar-refractivity contribution in [2.75, 3.05) is 25.6 Å². The number of amides is 1. The number of sulfonamides is 1. The third-order valence-corrected chi connectivity index (χ3v) is 6.62. The Hall–Kier alpha value is -2.83. The van der Waals surface area contributed by atoms with Crippen molar-refractivity contribution in [3.63, 3.8) is 0 Å². The maximum Gasteiger partial charge on any atom is 0.358 e. The molecule has 0 unspecified atom stereocenters. The summed E-state index contributed by atoms with van der Waals surface area (Å²) in [6.07, 6.45) is 3.41. The van der Waals surface area contributed by atoms with Gasteiger partial charge in [-0.05, 0) is 31.0 Å². The molecule has 1 amide bonds. The van der Waals surface area contributed by atoms with Gasteiger partial charge in [0.15, 0.2) is 12.3 Å². The van der Waals surface area contributed by atoms with Crippen LogP contribution in [0.2, 0.25) is 0 Å². The first-order valence-corrected chi connectivity index (χ1v) is 12.3. The summed E-state index contributed by atoms with van der Waals surface area (Å²) in [7, 11) is -2.31. The van der Waals surface area contributed by atoms with Gasteiger partial charge in [-0.3, -0.25) is 14.5 Å². The highest BCUT2D eigenvalue weighted by Gasteiger charge is 2.19. The second-order valence-corrected chi connectivity index (χ2v) is 9.58. The van der Waals surface area contributed by atoms with Crippen LogP contribution < -0.4 is 10.0 Å². The highest BCUT2D eigenvalue weighted by Crippen LogP contribution is 2.17. The summed E-state index contributed by atoms with van der Waals surface area (Å²) in [4.78, 5) is 32.5. The fraction of sp³-hybridized carbons (Fsp3) is 0.400. The molecule has 0 atom stereocenters. The van der Waals surface area contributed by atoms with Crippen molar-refractivity contribution in [2.24, 2.45) is 4.99 Å². The van der Waals surface area contributed by atoms with E-state index in [1.807, 2.05) is 0 Å². The number of nitrogens with zero attached hydrogens (tertiary/aromatic N) is 2. The number of hydrogen-bond donors (Lipinski definition) is 2. The van der Waals surface area contributed by atoms with Crippen molar-refractivity contribution in [1.82, 2.24) is 9.71 Å². The Labute approximate surface area is 190 Å². The molecular weight excluding hydrogens is 456 g/mol. The standard InChI is InChI=1S/C20H24N4O6S2/c1-29-12-19-23-16(13-31-19)20(26)30-11-18(25)22-14-6-5-7-15(10-14)32(27,28)24-17-8-3-2-4-9-21-17/h5-7,10,13H,2-4,8-9,11-12H2,1H3,(H,21,24)(H,22,25). The van der Waals surface area contributed by atoms with Gasteiger partial charge in [0, 0.05) is 31.1 Å². The van der Waals surface area contributed by atoms with Gasteiger partial charge in [0.25, 0.3) is 15.9 Å². The van der Waals surface area contributed by atoms with Gasteiger partial charge in [-0.1, -0.05) is 12.5 Å². The van der Waals surface area contributed by atoms with Crippen LogP contribution in [0.4, 0.5) is 5.69 Å². The van der Waals surface area contributed by atoms with Gasteiger partial charge in [-0.2, -0.15) is 0 Å². The van der Waals surface area contributed by atoms with E-state index in [2.05, 4.69) is 20.0 Å². The maximum absolute atomic E-state index is 12.7. The number of rotatable bonds is 8. The Morgan fingerprint density at radius 1 is 1.22 bits per heavy atom. The molecule has 2 N–H and O–H groups in total. The van der Waals surface area contributed by atoms with Crippen molar-refractivity contribution >= 4 is 44.8 Å². The third kappa shape index (κ3) is 6.84. The summed E-state index contributed by atoms with van der Waals surface area (Å²) in [5.41, 5.74) is 0.350. The van der Waals surface area contributed by atoms with E-state index in [4.69, 9.17) is 9.47 Å². The molecule has 0 spiro atoms. The zero-order valence-electron chi connectivity index (χ0n) is 17.5. The van der Waals surface area contributed by atoms with Gasteiger partial charge in [0.05, 0.1) is 11.5 Å². The molecule has 0 saturated heterocycles. The molecule has 12 heteroatoms. The third-order valence-electron chi connectivity index (χ3n) is 4.42. The van der Waals surface area contributed by atoms with Crippen LogP contribution in [0.5, 0.6) is 0 Å². The average Bonchev–Trinajstić information content (AvgIpc) is 3.09. The van der Waals surface area contributed by atoms with Crippen LogP contribution in [0.25, 0.3) is 0 Å². The van der Waals surface area contributed by atoms with Crippen LogP contribution >= 0.6 is 11.3 Å². The van der Waals surface area contributed by atoms with E-state index in [-0.39, 0.29) is 22.9 Å². The molecule has 1 aromatic carbocycles. The number of anilines is 1. The van der Waals surface area contributed by atoms with E-state index in [1.54, 1.807) is 6.07 Å². The minimum atomic E-state index is -3.83. The summed E-state index contributed by atoms with van der Waals surface area (Å²) in [5.74, 6) is -0.899. The molecular formula is C20H24N4O6S2. The topological polar surface area (TPSA) is 136 Å². The lowest BCUT2D eigenvalue weighted by Crippen LogP contribution is -2.30. The molecule has 32 heavy (non-hydrogen) atoms. The molecule has 2 heterocycles. The zero-order valence-corrected chi connectivity index (χ0v) is 19.1. The Morgan fingerprint density at radius 2 is 2.06 bits per heavy atom. The van der Waals surface area contributed by atoms with Gasteiger partial charge < -0.3 is 14.8 Å². The normalized spacial score (nSPS) is 14.2. The summed E-state index contributed by atoms with van der Waals surface area (Å²) in [5, 5.41) is 4.66. The lowest BCUT2D eigenvalue weighted by Gasteiger charge is -2.11. The number of amidine groups is 1. The van der Waals surface area contributed by atoms with E-state index in [1.165, 1.54) is 42.0 Å². The second kappa shape index (κ2) is 11.2. The van der Waals surface area contributed by atoms with E-state index < -0.39 is 28.5 Å². The number of aromatic nitrogens is 1. The quantitative estimate of drug-likeness (QED) is 0.554. The number of aliphatic imine (C=N–C) groups is 1. The second-order valence-electron chi connectivity index (χ2n) is 6.96. The van der Waals surface area contributed by atoms with Crippen molar-refractivity contribution in [3.8, 4) is 0 Å². The first-order valence-electron chi connectivity index (χ1n) is 9.94. The predicted octanol–water partition coefficient (Wildman–Crippen LogP) is 2.34. The van der Waals surface area contributed by atoms with E-state index >= 15 is 0 Å². The lowest BCUT2D eigenvalue weighted by atomic mass is 10.2. The molecule has 2 aromatic rings. The molecule has 1 aliphatic rings. The Bertz CT molecular complexity index is 1100. The Kier molecular flexibility index (Phi) is 8.31. The van der Waals surface area contributed by atoms with Crippen LogP contribution in [0.1, 0.15) is 41.2 Å². The number of carbonyl (C=O) groups is 2. The molecule has 0 bridgehead atoms. The summed E-state index contributed by atoms with van der Waals surface area (Å²) >= 11 is 1.25. The molecule has 0 aliphatic carbocycles. The van der Waals surface area contributed by atoms with Gasteiger partial charge in [-0.25, -0.2) is 18.2 Å². The monoisotopic (exact) mass is 480 g/mol. The van der Waals surface area contributed by atoms with E-state index in [9.17, 15) is 18.0 Å². The van der Waals surface area contributed by atoms with E-state index in [0.29, 0.717) is 23.8 Å². The van der Waals surface area contributed by atoms with Gasteiger partial charge in [-0.15, -0.1) is 11.3 Å². The summed E-state index contributed by atoms with van der Waals surface area (Å²) in [6, 6.07) is 5.81. The average molecular weight is 481 g/mol. The molecule has 0 radical (unpaired) electrons. The molecule has 1 aromatic heterocycles. The fourth-order valence-corrected chi connectivity index (χ4v) is 4.78. The van der Waals surface area contributed by atoms with Gasteiger partial charge in [0.2, 0.25) is 0 Å². The number of nitrogens with one attached hydrogen (secondary N) is 2. The van der Waals surface area contributed by atoms with Gasteiger partial charge in [0.1, 0.15) is 10.8 Å². The zero-order chi connectivity index (χ0) is 23.0. The number of thiazole rings is 1. The number of carbonyl (C=O) groups excluding carboxylic acids is 2. The summed E-state index contributed by atoms with van der Waals surface area (Å²) < 4.78 is 37.8. The predicted molar refractivity (Wildman–Crippen MR) is 119 cm³/mol. The SMILES string of the molecule is COCc1nc(C(=O)OCC(=O)Nc2cccc(S(=O)(=O)NC3=NCCCCC3)c2)cs1. The minimum Gasteiger partial charge on any atom is -0.451 e. The lowest BCUT2D eigenvalue weighted by molar-refractivity contribution is -0.119. The molecule has 1 aliphatic heterocycles. The largest absolute Gasteiger partial charge is 0.451 e. The van der Waals surface area contributed by atoms with Crippen LogP contribution in [0, 0.1) is 0 Å². The molecule has 10 nitrogen and oxygen atoms in total. The maximum atomic E-state index is 12.7. The number of methoxy groups -OCH3 is 1. The van der Waals surface area contributed by atoms with Crippen molar-refractivity contribution in [2.45, 2.75) is 37.2 Å². The smallest absolute Gasteiger partial charge is 0.358 e. The Balaban J connectivity index is 1.56. The van der Waals surface area contributed by atoms with Crippen LogP contribution in [0.15, 0.2) is 39.5 Å². The number of benzene rings is 1. The molecule has 3 rings (SSSR count). The number of hydrogen-bond acceptors (Lipinski definition) is 9. The first-order chi connectivity index (χ1) is 15.4. The van der Waals surface area contributed by atoms with Crippen molar-refractivity contribution < 1.29 is 27.5 Å². The van der Waals surface area contributed by atoms with Crippen LogP contribution in [0.3, 0.4) is 0 Å². The molecule has 172 valence electrons. The van der Waals surface area contributed by atoms with Gasteiger partial charge >= 0.3 is 5.97 Å².